The molecule has 19 heavy (non-hydrogen) atoms. The second kappa shape index (κ2) is 5.09. The molecule has 0 amide bonds. The molecule has 1 fully saturated rings. The predicted molar refractivity (Wildman–Crippen MR) is 72.6 cm³/mol. The molecule has 0 saturated carbocycles. The molecule has 1 aliphatic heterocycles. The minimum Gasteiger partial charge on any atom is -0.399 e. The van der Waals surface area contributed by atoms with E-state index in [-0.39, 0.29) is 22.7 Å². The summed E-state index contributed by atoms with van der Waals surface area (Å²) in [6.07, 6.45) is 2.59. The largest absolute Gasteiger partial charge is 0.399 e. The summed E-state index contributed by atoms with van der Waals surface area (Å²) < 4.78 is 40.4. The maximum absolute atomic E-state index is 13.8. The van der Waals surface area contributed by atoms with Gasteiger partial charge in [-0.1, -0.05) is 6.42 Å². The van der Waals surface area contributed by atoms with Crippen molar-refractivity contribution in [1.82, 2.24) is 4.31 Å². The Balaban J connectivity index is 2.49. The van der Waals surface area contributed by atoms with Crippen LogP contribution in [0.15, 0.2) is 23.1 Å². The van der Waals surface area contributed by atoms with Gasteiger partial charge in [0.15, 0.2) is 0 Å². The zero-order valence-corrected chi connectivity index (χ0v) is 12.0. The molecule has 0 unspecified atom stereocenters. The topological polar surface area (TPSA) is 63.4 Å². The van der Waals surface area contributed by atoms with Crippen LogP contribution in [-0.4, -0.2) is 24.8 Å². The van der Waals surface area contributed by atoms with Crippen LogP contribution in [0.1, 0.15) is 33.1 Å². The Labute approximate surface area is 113 Å². The monoisotopic (exact) mass is 286 g/mol. The molecule has 1 heterocycles. The van der Waals surface area contributed by atoms with Crippen LogP contribution in [0.2, 0.25) is 0 Å². The second-order valence-electron chi connectivity index (χ2n) is 5.15. The van der Waals surface area contributed by atoms with E-state index in [4.69, 9.17) is 5.73 Å². The Morgan fingerprint density at radius 3 is 2.42 bits per heavy atom. The van der Waals surface area contributed by atoms with E-state index >= 15 is 0 Å². The lowest BCUT2D eigenvalue weighted by molar-refractivity contribution is 0.203. The number of hydrogen-bond donors (Lipinski definition) is 1. The fraction of sp³-hybridized carbons (Fsp3) is 0.538. The first-order valence-corrected chi connectivity index (χ1v) is 7.86. The quantitative estimate of drug-likeness (QED) is 0.849. The van der Waals surface area contributed by atoms with Crippen molar-refractivity contribution in [3.05, 3.63) is 24.0 Å². The van der Waals surface area contributed by atoms with Crippen molar-refractivity contribution in [2.45, 2.75) is 50.1 Å². The first kappa shape index (κ1) is 14.3. The molecule has 1 aromatic carbocycles. The molecule has 0 aliphatic carbocycles. The molecule has 0 bridgehead atoms. The van der Waals surface area contributed by atoms with Crippen molar-refractivity contribution in [3.8, 4) is 0 Å². The number of rotatable bonds is 2. The first-order valence-electron chi connectivity index (χ1n) is 6.42. The minimum absolute atomic E-state index is 0.116. The molecule has 1 saturated heterocycles. The van der Waals surface area contributed by atoms with Crippen LogP contribution in [0.25, 0.3) is 0 Å². The fourth-order valence-corrected chi connectivity index (χ4v) is 4.69. The van der Waals surface area contributed by atoms with E-state index in [1.165, 1.54) is 16.4 Å². The molecule has 6 heteroatoms. The van der Waals surface area contributed by atoms with Crippen LogP contribution >= 0.6 is 0 Å². The van der Waals surface area contributed by atoms with Gasteiger partial charge in [-0.2, -0.15) is 4.31 Å². The second-order valence-corrected chi connectivity index (χ2v) is 6.97. The summed E-state index contributed by atoms with van der Waals surface area (Å²) >= 11 is 0. The summed E-state index contributed by atoms with van der Waals surface area (Å²) in [5.74, 6) is -0.751. The van der Waals surface area contributed by atoms with Crippen molar-refractivity contribution in [2.24, 2.45) is 0 Å². The van der Waals surface area contributed by atoms with Crippen LogP contribution in [0.4, 0.5) is 10.1 Å². The average molecular weight is 286 g/mol. The molecule has 1 aromatic rings. The van der Waals surface area contributed by atoms with E-state index in [2.05, 4.69) is 0 Å². The number of nitrogen functional groups attached to an aromatic ring is 1. The lowest BCUT2D eigenvalue weighted by atomic mass is 10.0. The third-order valence-corrected chi connectivity index (χ3v) is 5.77. The summed E-state index contributed by atoms with van der Waals surface area (Å²) in [5, 5.41) is 0. The summed E-state index contributed by atoms with van der Waals surface area (Å²) in [7, 11) is -3.84. The summed E-state index contributed by atoms with van der Waals surface area (Å²) in [6.45, 7) is 3.72. The minimum atomic E-state index is -3.84. The van der Waals surface area contributed by atoms with E-state index in [1.807, 2.05) is 13.8 Å². The molecule has 106 valence electrons. The van der Waals surface area contributed by atoms with Gasteiger partial charge in [0.25, 0.3) is 0 Å². The molecule has 4 nitrogen and oxygen atoms in total. The van der Waals surface area contributed by atoms with E-state index < -0.39 is 15.8 Å². The number of sulfonamides is 1. The first-order chi connectivity index (χ1) is 8.84. The van der Waals surface area contributed by atoms with Gasteiger partial charge >= 0.3 is 0 Å². The van der Waals surface area contributed by atoms with E-state index in [1.54, 1.807) is 0 Å². The molecular weight excluding hydrogens is 267 g/mol. The van der Waals surface area contributed by atoms with Gasteiger partial charge in [0, 0.05) is 17.8 Å². The lowest BCUT2D eigenvalue weighted by Gasteiger charge is -2.37. The Morgan fingerprint density at radius 2 is 1.84 bits per heavy atom. The normalized spacial score (nSPS) is 25.4. The van der Waals surface area contributed by atoms with E-state index in [0.29, 0.717) is 0 Å². The standard InChI is InChI=1S/C13H19FN2O2S/c1-9-4-3-5-10(2)16(9)19(17,18)13-8-11(15)6-7-12(13)14/h6-10H,3-5,15H2,1-2H3/t9-,10+. The molecular formula is C13H19FN2O2S. The summed E-state index contributed by atoms with van der Waals surface area (Å²) in [6, 6.07) is 3.42. The average Bonchev–Trinajstić information content (AvgIpc) is 2.31. The molecule has 0 radical (unpaired) electrons. The van der Waals surface area contributed by atoms with Gasteiger partial charge < -0.3 is 5.73 Å². The number of hydrogen-bond acceptors (Lipinski definition) is 3. The van der Waals surface area contributed by atoms with Crippen LogP contribution < -0.4 is 5.73 Å². The van der Waals surface area contributed by atoms with Crippen molar-refractivity contribution >= 4 is 15.7 Å². The number of nitrogens with two attached hydrogens (primary N) is 1. The molecule has 0 spiro atoms. The Morgan fingerprint density at radius 1 is 1.26 bits per heavy atom. The summed E-state index contributed by atoms with van der Waals surface area (Å²) in [4.78, 5) is -0.326. The Hall–Kier alpha value is -1.14. The zero-order chi connectivity index (χ0) is 14.2. The van der Waals surface area contributed by atoms with Crippen molar-refractivity contribution < 1.29 is 12.8 Å². The highest BCUT2D eigenvalue weighted by molar-refractivity contribution is 7.89. The molecule has 0 aromatic heterocycles. The third-order valence-electron chi connectivity index (χ3n) is 3.62. The Kier molecular flexibility index (Phi) is 3.82. The van der Waals surface area contributed by atoms with Crippen LogP contribution in [0.3, 0.4) is 0 Å². The van der Waals surface area contributed by atoms with Gasteiger partial charge in [-0.3, -0.25) is 0 Å². The molecule has 2 rings (SSSR count). The van der Waals surface area contributed by atoms with Crippen molar-refractivity contribution in [1.29, 1.82) is 0 Å². The van der Waals surface area contributed by atoms with Gasteiger partial charge in [0.1, 0.15) is 10.7 Å². The van der Waals surface area contributed by atoms with Crippen molar-refractivity contribution in [3.63, 3.8) is 0 Å². The van der Waals surface area contributed by atoms with Gasteiger partial charge in [-0.05, 0) is 44.9 Å². The third kappa shape index (κ3) is 2.60. The predicted octanol–water partition coefficient (Wildman–Crippen LogP) is 2.36. The SMILES string of the molecule is C[C@@H]1CCC[C@H](C)N1S(=O)(=O)c1cc(N)ccc1F. The van der Waals surface area contributed by atoms with Gasteiger partial charge in [0.2, 0.25) is 10.0 Å². The van der Waals surface area contributed by atoms with E-state index in [0.717, 1.165) is 25.3 Å². The maximum atomic E-state index is 13.8. The molecule has 1 aliphatic rings. The van der Waals surface area contributed by atoms with Gasteiger partial charge in [-0.25, -0.2) is 12.8 Å². The van der Waals surface area contributed by atoms with Crippen LogP contribution in [0, 0.1) is 5.82 Å². The highest BCUT2D eigenvalue weighted by Gasteiger charge is 2.37. The number of benzene rings is 1. The number of anilines is 1. The molecule has 2 N–H and O–H groups in total. The number of halogens is 1. The fourth-order valence-electron chi connectivity index (χ4n) is 2.70. The van der Waals surface area contributed by atoms with E-state index in [9.17, 15) is 12.8 Å². The highest BCUT2D eigenvalue weighted by atomic mass is 32.2. The van der Waals surface area contributed by atoms with Gasteiger partial charge in [-0.15, -0.1) is 0 Å². The Bertz CT molecular complexity index is 564. The van der Waals surface area contributed by atoms with Crippen LogP contribution in [0.5, 0.6) is 0 Å². The zero-order valence-electron chi connectivity index (χ0n) is 11.1. The molecule has 2 atom stereocenters. The highest BCUT2D eigenvalue weighted by Crippen LogP contribution is 2.31. The van der Waals surface area contributed by atoms with Crippen LogP contribution in [-0.2, 0) is 10.0 Å². The number of nitrogens with zero attached hydrogens (tertiary/aromatic N) is 1. The maximum Gasteiger partial charge on any atom is 0.246 e. The number of piperidine rings is 1. The van der Waals surface area contributed by atoms with Gasteiger partial charge in [0.05, 0.1) is 0 Å². The smallest absolute Gasteiger partial charge is 0.246 e. The van der Waals surface area contributed by atoms with Crippen molar-refractivity contribution in [2.75, 3.05) is 5.73 Å². The summed E-state index contributed by atoms with van der Waals surface area (Å²) in [5.41, 5.74) is 5.82. The lowest BCUT2D eigenvalue weighted by Crippen LogP contribution is -2.47.